The lowest BCUT2D eigenvalue weighted by Gasteiger charge is -2.20. The third kappa shape index (κ3) is 15.3. The zero-order chi connectivity index (χ0) is 30.3. The van der Waals surface area contributed by atoms with Crippen molar-refractivity contribution in [3.63, 3.8) is 0 Å². The number of nitrogens with one attached hydrogen (secondary N) is 1. The van der Waals surface area contributed by atoms with Crippen LogP contribution in [0.25, 0.3) is 0 Å². The van der Waals surface area contributed by atoms with Crippen molar-refractivity contribution in [1.29, 1.82) is 0 Å². The molecule has 11 heteroatoms. The highest BCUT2D eigenvalue weighted by molar-refractivity contribution is 5.76. The van der Waals surface area contributed by atoms with Crippen LogP contribution in [0.4, 0.5) is 9.59 Å². The summed E-state index contributed by atoms with van der Waals surface area (Å²) < 4.78 is 31.1. The molecule has 0 aliphatic carbocycles. The van der Waals surface area contributed by atoms with E-state index in [1.165, 1.54) is 19.2 Å². The van der Waals surface area contributed by atoms with Gasteiger partial charge in [-0.3, -0.25) is 9.59 Å². The van der Waals surface area contributed by atoms with Crippen molar-refractivity contribution in [3.05, 3.63) is 23.8 Å². The second-order valence-corrected chi connectivity index (χ2v) is 11.7. The summed E-state index contributed by atoms with van der Waals surface area (Å²) in [7, 11) is 1.27. The molecule has 1 rings (SSSR count). The Morgan fingerprint density at radius 2 is 1.43 bits per heavy atom. The van der Waals surface area contributed by atoms with Gasteiger partial charge in [-0.2, -0.15) is 0 Å². The van der Waals surface area contributed by atoms with Gasteiger partial charge in [-0.25, -0.2) is 9.59 Å². The van der Waals surface area contributed by atoms with Gasteiger partial charge in [-0.1, -0.05) is 61.0 Å². The highest BCUT2D eigenvalue weighted by Crippen LogP contribution is 2.30. The minimum atomic E-state index is -0.979. The van der Waals surface area contributed by atoms with Gasteiger partial charge >= 0.3 is 24.2 Å². The molecule has 1 N–H and O–H groups in total. The van der Waals surface area contributed by atoms with Gasteiger partial charge in [0, 0.05) is 13.0 Å². The normalized spacial score (nSPS) is 12.2. The minimum Gasteiger partial charge on any atom is -0.468 e. The average molecular weight is 568 g/mol. The predicted molar refractivity (Wildman–Crippen MR) is 147 cm³/mol. The van der Waals surface area contributed by atoms with Crippen molar-refractivity contribution >= 4 is 24.2 Å². The van der Waals surface area contributed by atoms with Crippen LogP contribution >= 0.6 is 0 Å². The molecule has 226 valence electrons. The first-order valence-corrected chi connectivity index (χ1v) is 13.4. The zero-order valence-electron chi connectivity index (χ0n) is 25.0. The van der Waals surface area contributed by atoms with Crippen LogP contribution in [-0.2, 0) is 35.0 Å². The first-order valence-electron chi connectivity index (χ1n) is 13.4. The molecule has 1 aromatic rings. The summed E-state index contributed by atoms with van der Waals surface area (Å²) in [6, 6.07) is 3.72. The third-order valence-electron chi connectivity index (χ3n) is 5.06. The maximum atomic E-state index is 12.4. The Morgan fingerprint density at radius 3 is 1.95 bits per heavy atom. The maximum Gasteiger partial charge on any atom is 0.513 e. The molecule has 1 atom stereocenters. The van der Waals surface area contributed by atoms with E-state index in [1.54, 1.807) is 6.07 Å². The molecule has 0 saturated heterocycles. The van der Waals surface area contributed by atoms with Crippen molar-refractivity contribution < 1.29 is 47.6 Å². The Morgan fingerprint density at radius 1 is 0.850 bits per heavy atom. The Bertz CT molecular complexity index is 978. The fourth-order valence-corrected chi connectivity index (χ4v) is 3.04. The monoisotopic (exact) mass is 567 g/mol. The Hall–Kier alpha value is -3.34. The lowest BCUT2D eigenvalue weighted by molar-refractivity contribution is -0.144. The van der Waals surface area contributed by atoms with E-state index in [-0.39, 0.29) is 61.1 Å². The number of esters is 2. The molecule has 1 aromatic carbocycles. The molecule has 0 aliphatic rings. The SMILES string of the molecule is CCCCC(=O)OCCN[C@@H](Cc1ccc(OC(=O)OCC(C)(C)C)c(OC(=O)OCC(C)(C)C)c1)C(=O)OC. The van der Waals surface area contributed by atoms with Crippen molar-refractivity contribution in [1.82, 2.24) is 5.32 Å². The minimum absolute atomic E-state index is 0.0584. The van der Waals surface area contributed by atoms with Gasteiger partial charge in [0.2, 0.25) is 0 Å². The number of carbonyl (C=O) groups is 4. The smallest absolute Gasteiger partial charge is 0.468 e. The summed E-state index contributed by atoms with van der Waals surface area (Å²) in [5.41, 5.74) is 0.000471. The highest BCUT2D eigenvalue weighted by atomic mass is 16.7. The number of hydrogen-bond acceptors (Lipinski definition) is 11. The van der Waals surface area contributed by atoms with Crippen molar-refractivity contribution in [2.75, 3.05) is 33.5 Å². The third-order valence-corrected chi connectivity index (χ3v) is 5.06. The van der Waals surface area contributed by atoms with E-state index >= 15 is 0 Å². The lowest BCUT2D eigenvalue weighted by atomic mass is 9.99. The van der Waals surface area contributed by atoms with E-state index in [4.69, 9.17) is 28.4 Å². The molecule has 0 heterocycles. The Labute approximate surface area is 237 Å². The number of unbranched alkanes of at least 4 members (excludes halogenated alkanes) is 1. The van der Waals surface area contributed by atoms with Gasteiger partial charge < -0.3 is 33.7 Å². The van der Waals surface area contributed by atoms with Crippen LogP contribution in [0, 0.1) is 10.8 Å². The number of methoxy groups -OCH3 is 1. The van der Waals surface area contributed by atoms with E-state index in [9.17, 15) is 19.2 Å². The summed E-state index contributed by atoms with van der Waals surface area (Å²) in [6.07, 6.45) is 0.179. The molecule has 0 spiro atoms. The number of benzene rings is 1. The van der Waals surface area contributed by atoms with Crippen LogP contribution in [0.1, 0.15) is 73.3 Å². The van der Waals surface area contributed by atoms with Crippen LogP contribution in [0.2, 0.25) is 0 Å². The van der Waals surface area contributed by atoms with E-state index in [2.05, 4.69) is 5.32 Å². The van der Waals surface area contributed by atoms with E-state index in [0.717, 1.165) is 12.8 Å². The fourth-order valence-electron chi connectivity index (χ4n) is 3.04. The summed E-state index contributed by atoms with van der Waals surface area (Å²) in [5, 5.41) is 3.02. The van der Waals surface area contributed by atoms with Crippen molar-refractivity contribution in [3.8, 4) is 11.5 Å². The van der Waals surface area contributed by atoms with E-state index in [1.807, 2.05) is 48.5 Å². The van der Waals surface area contributed by atoms with Gasteiger partial charge in [0.1, 0.15) is 12.6 Å². The van der Waals surface area contributed by atoms with Gasteiger partial charge in [0.25, 0.3) is 0 Å². The van der Waals surface area contributed by atoms with Crippen LogP contribution in [0.3, 0.4) is 0 Å². The molecule has 0 aliphatic heterocycles. The van der Waals surface area contributed by atoms with Crippen LogP contribution < -0.4 is 14.8 Å². The summed E-state index contributed by atoms with van der Waals surface area (Å²) >= 11 is 0. The first-order chi connectivity index (χ1) is 18.6. The Balaban J connectivity index is 3.02. The van der Waals surface area contributed by atoms with Gasteiger partial charge in [0.15, 0.2) is 11.5 Å². The standard InChI is InChI=1S/C29H45NO10/c1-9-10-11-24(31)36-15-14-30-21(25(32)35-8)16-20-12-13-22(39-26(33)37-18-28(2,3)4)23(17-20)40-27(34)38-19-29(5,6)7/h12-13,17,21,30H,9-11,14-16,18-19H2,1-8H3/t21-/m0/s1. The lowest BCUT2D eigenvalue weighted by Crippen LogP contribution is -2.41. The van der Waals surface area contributed by atoms with Crippen LogP contribution in [-0.4, -0.2) is 63.8 Å². The van der Waals surface area contributed by atoms with Crippen LogP contribution in [0.15, 0.2) is 18.2 Å². The quantitative estimate of drug-likeness (QED) is 0.137. The molecule has 0 bridgehead atoms. The van der Waals surface area contributed by atoms with Crippen LogP contribution in [0.5, 0.6) is 11.5 Å². The Kier molecular flexibility index (Phi) is 14.5. The van der Waals surface area contributed by atoms with E-state index < -0.39 is 24.3 Å². The molecule has 0 radical (unpaired) electrons. The second kappa shape index (κ2) is 16.7. The fraction of sp³-hybridized carbons (Fsp3) is 0.655. The number of rotatable bonds is 14. The summed E-state index contributed by atoms with van der Waals surface area (Å²) in [4.78, 5) is 48.8. The molecular formula is C29H45NO10. The molecule has 11 nitrogen and oxygen atoms in total. The van der Waals surface area contributed by atoms with Gasteiger partial charge in [-0.15, -0.1) is 0 Å². The van der Waals surface area contributed by atoms with Crippen molar-refractivity contribution in [2.45, 2.75) is 80.2 Å². The number of hydrogen-bond donors (Lipinski definition) is 1. The molecule has 0 saturated carbocycles. The van der Waals surface area contributed by atoms with Gasteiger partial charge in [0.05, 0.1) is 20.3 Å². The van der Waals surface area contributed by atoms with Crippen molar-refractivity contribution in [2.24, 2.45) is 10.8 Å². The molecular weight excluding hydrogens is 522 g/mol. The molecule has 0 amide bonds. The summed E-state index contributed by atoms with van der Waals surface area (Å²) in [5.74, 6) is -0.972. The second-order valence-electron chi connectivity index (χ2n) is 11.7. The molecule has 0 unspecified atom stereocenters. The zero-order valence-corrected chi connectivity index (χ0v) is 25.0. The highest BCUT2D eigenvalue weighted by Gasteiger charge is 2.23. The number of carbonyl (C=O) groups excluding carboxylic acids is 4. The topological polar surface area (TPSA) is 136 Å². The largest absolute Gasteiger partial charge is 0.513 e. The first kappa shape index (κ1) is 34.7. The molecule has 40 heavy (non-hydrogen) atoms. The average Bonchev–Trinajstić information content (AvgIpc) is 2.86. The van der Waals surface area contributed by atoms with Gasteiger partial charge in [-0.05, 0) is 41.4 Å². The van der Waals surface area contributed by atoms with E-state index in [0.29, 0.717) is 12.0 Å². The summed E-state index contributed by atoms with van der Waals surface area (Å²) in [6.45, 7) is 13.9. The predicted octanol–water partition coefficient (Wildman–Crippen LogP) is 5.22. The maximum absolute atomic E-state index is 12.4. The number of ether oxygens (including phenoxy) is 6. The molecule has 0 fully saturated rings. The molecule has 0 aromatic heterocycles.